The van der Waals surface area contributed by atoms with Gasteiger partial charge in [-0.05, 0) is 35.7 Å². The SMILES string of the molecule is CC(C)c1ccc(NC(=O)CSc2n[nH]c3nc4ccccc4n23)cc1. The largest absolute Gasteiger partial charge is 0.325 e. The first-order valence-corrected chi connectivity index (χ1v) is 9.44. The molecule has 26 heavy (non-hydrogen) atoms. The number of hydrogen-bond donors (Lipinski definition) is 2. The van der Waals surface area contributed by atoms with Crippen LogP contribution in [0.3, 0.4) is 0 Å². The van der Waals surface area contributed by atoms with Gasteiger partial charge in [0.05, 0.1) is 16.8 Å². The van der Waals surface area contributed by atoms with Gasteiger partial charge in [-0.3, -0.25) is 9.20 Å². The van der Waals surface area contributed by atoms with Crippen molar-refractivity contribution in [3.05, 3.63) is 54.1 Å². The zero-order chi connectivity index (χ0) is 18.1. The van der Waals surface area contributed by atoms with Crippen molar-refractivity contribution in [2.45, 2.75) is 24.9 Å². The lowest BCUT2D eigenvalue weighted by Crippen LogP contribution is -2.14. The van der Waals surface area contributed by atoms with Crippen LogP contribution in [0.1, 0.15) is 25.3 Å². The molecule has 2 aromatic heterocycles. The first-order chi connectivity index (χ1) is 12.6. The summed E-state index contributed by atoms with van der Waals surface area (Å²) in [6.45, 7) is 4.29. The van der Waals surface area contributed by atoms with E-state index >= 15 is 0 Å². The number of rotatable bonds is 5. The number of benzene rings is 2. The van der Waals surface area contributed by atoms with Crippen LogP contribution in [-0.4, -0.2) is 31.2 Å². The van der Waals surface area contributed by atoms with Crippen LogP contribution >= 0.6 is 11.8 Å². The number of fused-ring (bicyclic) bond motifs is 3. The number of hydrogen-bond acceptors (Lipinski definition) is 4. The monoisotopic (exact) mass is 365 g/mol. The molecule has 2 heterocycles. The lowest BCUT2D eigenvalue weighted by molar-refractivity contribution is -0.113. The molecule has 7 heteroatoms. The lowest BCUT2D eigenvalue weighted by Gasteiger charge is -2.08. The normalized spacial score (nSPS) is 11.5. The second kappa shape index (κ2) is 6.84. The van der Waals surface area contributed by atoms with Gasteiger partial charge in [0.15, 0.2) is 5.16 Å². The predicted molar refractivity (Wildman–Crippen MR) is 105 cm³/mol. The highest BCUT2D eigenvalue weighted by atomic mass is 32.2. The zero-order valence-corrected chi connectivity index (χ0v) is 15.4. The quantitative estimate of drug-likeness (QED) is 0.523. The van der Waals surface area contributed by atoms with Crippen molar-refractivity contribution in [2.24, 2.45) is 0 Å². The van der Waals surface area contributed by atoms with Gasteiger partial charge >= 0.3 is 0 Å². The molecular weight excluding hydrogens is 346 g/mol. The van der Waals surface area contributed by atoms with Crippen LogP contribution in [0.25, 0.3) is 16.8 Å². The third-order valence-corrected chi connectivity index (χ3v) is 5.14. The molecule has 2 aromatic carbocycles. The summed E-state index contributed by atoms with van der Waals surface area (Å²) < 4.78 is 1.94. The first kappa shape index (κ1) is 16.7. The number of imidazole rings is 1. The molecule has 6 nitrogen and oxygen atoms in total. The van der Waals surface area contributed by atoms with Crippen molar-refractivity contribution in [3.63, 3.8) is 0 Å². The van der Waals surface area contributed by atoms with E-state index in [0.29, 0.717) is 11.7 Å². The molecule has 0 aliphatic rings. The summed E-state index contributed by atoms with van der Waals surface area (Å²) in [6, 6.07) is 15.8. The number of aromatic nitrogens is 4. The summed E-state index contributed by atoms with van der Waals surface area (Å²) >= 11 is 1.38. The maximum absolute atomic E-state index is 12.3. The van der Waals surface area contributed by atoms with Gasteiger partial charge in [0.25, 0.3) is 0 Å². The number of para-hydroxylation sites is 2. The predicted octanol–water partition coefficient (Wildman–Crippen LogP) is 4.06. The Morgan fingerprint density at radius 1 is 1.19 bits per heavy atom. The maximum Gasteiger partial charge on any atom is 0.234 e. The van der Waals surface area contributed by atoms with E-state index in [2.05, 4.69) is 34.3 Å². The molecule has 1 amide bonds. The van der Waals surface area contributed by atoms with E-state index in [0.717, 1.165) is 21.9 Å². The smallest absolute Gasteiger partial charge is 0.234 e. The highest BCUT2D eigenvalue weighted by Gasteiger charge is 2.13. The molecule has 0 bridgehead atoms. The molecule has 4 aromatic rings. The summed E-state index contributed by atoms with van der Waals surface area (Å²) in [5, 5.41) is 10.8. The molecule has 0 aliphatic heterocycles. The molecular formula is C19H19N5OS. The van der Waals surface area contributed by atoms with E-state index < -0.39 is 0 Å². The number of aromatic amines is 1. The number of nitrogens with one attached hydrogen (secondary N) is 2. The van der Waals surface area contributed by atoms with E-state index in [1.807, 2.05) is 52.9 Å². The first-order valence-electron chi connectivity index (χ1n) is 8.46. The Morgan fingerprint density at radius 3 is 2.73 bits per heavy atom. The standard InChI is InChI=1S/C19H19N5OS/c1-12(2)13-7-9-14(10-8-13)20-17(25)11-26-19-23-22-18-21-15-5-3-4-6-16(15)24(18)19/h3-10,12H,11H2,1-2H3,(H,20,25)(H,21,22). The van der Waals surface area contributed by atoms with Gasteiger partial charge in [0.2, 0.25) is 11.7 Å². The average Bonchev–Trinajstić information content (AvgIpc) is 3.19. The summed E-state index contributed by atoms with van der Waals surface area (Å²) in [4.78, 5) is 16.8. The van der Waals surface area contributed by atoms with Crippen LogP contribution in [0.15, 0.2) is 53.7 Å². The Hall–Kier alpha value is -2.80. The van der Waals surface area contributed by atoms with Gasteiger partial charge < -0.3 is 5.32 Å². The molecule has 0 radical (unpaired) electrons. The Kier molecular flexibility index (Phi) is 4.38. The van der Waals surface area contributed by atoms with Crippen LogP contribution in [0.5, 0.6) is 0 Å². The van der Waals surface area contributed by atoms with Crippen LogP contribution in [0.4, 0.5) is 5.69 Å². The molecule has 0 fully saturated rings. The fraction of sp³-hybridized carbons (Fsp3) is 0.211. The van der Waals surface area contributed by atoms with Gasteiger partial charge in [-0.15, -0.1) is 5.10 Å². The van der Waals surface area contributed by atoms with Gasteiger partial charge in [-0.1, -0.05) is 49.9 Å². The maximum atomic E-state index is 12.3. The van der Waals surface area contributed by atoms with Crippen LogP contribution in [-0.2, 0) is 4.79 Å². The number of nitrogens with zero attached hydrogens (tertiary/aromatic N) is 3. The second-order valence-electron chi connectivity index (χ2n) is 6.38. The van der Waals surface area contributed by atoms with Crippen molar-refractivity contribution < 1.29 is 4.79 Å². The molecule has 4 rings (SSSR count). The van der Waals surface area contributed by atoms with E-state index in [-0.39, 0.29) is 11.7 Å². The van der Waals surface area contributed by atoms with E-state index in [4.69, 9.17) is 0 Å². The molecule has 0 aliphatic carbocycles. The van der Waals surface area contributed by atoms with Gasteiger partial charge in [0, 0.05) is 5.69 Å². The minimum atomic E-state index is -0.0622. The number of H-pyrrole nitrogens is 1. The molecule has 0 saturated heterocycles. The lowest BCUT2D eigenvalue weighted by atomic mass is 10.0. The van der Waals surface area contributed by atoms with Gasteiger partial charge in [0.1, 0.15) is 0 Å². The van der Waals surface area contributed by atoms with Gasteiger partial charge in [-0.25, -0.2) is 10.1 Å². The van der Waals surface area contributed by atoms with Crippen molar-refractivity contribution in [3.8, 4) is 0 Å². The molecule has 0 spiro atoms. The minimum absolute atomic E-state index is 0.0622. The highest BCUT2D eigenvalue weighted by Crippen LogP contribution is 2.23. The third kappa shape index (κ3) is 3.17. The molecule has 0 saturated carbocycles. The van der Waals surface area contributed by atoms with Crippen LogP contribution < -0.4 is 5.32 Å². The topological polar surface area (TPSA) is 75.1 Å². The number of amides is 1. The van der Waals surface area contributed by atoms with E-state index in [9.17, 15) is 4.79 Å². The second-order valence-corrected chi connectivity index (χ2v) is 7.32. The summed E-state index contributed by atoms with van der Waals surface area (Å²) in [5.41, 5.74) is 3.93. The van der Waals surface area contributed by atoms with E-state index in [1.165, 1.54) is 17.3 Å². The zero-order valence-electron chi connectivity index (χ0n) is 14.6. The van der Waals surface area contributed by atoms with Crippen LogP contribution in [0, 0.1) is 0 Å². The van der Waals surface area contributed by atoms with Crippen LogP contribution in [0.2, 0.25) is 0 Å². The van der Waals surface area contributed by atoms with Gasteiger partial charge in [-0.2, -0.15) is 0 Å². The Bertz CT molecular complexity index is 1060. The molecule has 0 unspecified atom stereocenters. The molecule has 132 valence electrons. The summed E-state index contributed by atoms with van der Waals surface area (Å²) in [6.07, 6.45) is 0. The minimum Gasteiger partial charge on any atom is -0.325 e. The summed E-state index contributed by atoms with van der Waals surface area (Å²) in [5.74, 6) is 1.37. The Morgan fingerprint density at radius 2 is 1.96 bits per heavy atom. The average molecular weight is 365 g/mol. The Labute approximate surface area is 155 Å². The van der Waals surface area contributed by atoms with Crippen molar-refractivity contribution in [2.75, 3.05) is 11.1 Å². The van der Waals surface area contributed by atoms with Crippen molar-refractivity contribution >= 4 is 40.2 Å². The Balaban J connectivity index is 1.45. The third-order valence-electron chi connectivity index (χ3n) is 4.20. The fourth-order valence-electron chi connectivity index (χ4n) is 2.82. The molecule has 2 N–H and O–H groups in total. The summed E-state index contributed by atoms with van der Waals surface area (Å²) in [7, 11) is 0. The number of carbonyl (C=O) groups is 1. The van der Waals surface area contributed by atoms with Crippen molar-refractivity contribution in [1.82, 2.24) is 19.6 Å². The number of anilines is 1. The number of carbonyl (C=O) groups excluding carboxylic acids is 1. The highest BCUT2D eigenvalue weighted by molar-refractivity contribution is 7.99. The van der Waals surface area contributed by atoms with E-state index in [1.54, 1.807) is 0 Å². The fourth-order valence-corrected chi connectivity index (χ4v) is 3.57. The molecule has 0 atom stereocenters. The van der Waals surface area contributed by atoms with Crippen molar-refractivity contribution in [1.29, 1.82) is 0 Å². The number of thioether (sulfide) groups is 1.